The molecule has 2 aromatic carbocycles. The number of hydrogen-bond acceptors (Lipinski definition) is 3. The van der Waals surface area contributed by atoms with Crippen molar-refractivity contribution in [2.24, 2.45) is 0 Å². The molecule has 3 rings (SSSR count). The molecular weight excluding hydrogens is 372 g/mol. The van der Waals surface area contributed by atoms with E-state index in [0.717, 1.165) is 30.9 Å². The first kappa shape index (κ1) is 19.2. The van der Waals surface area contributed by atoms with Crippen LogP contribution < -0.4 is 9.64 Å². The van der Waals surface area contributed by atoms with Gasteiger partial charge in [0.15, 0.2) is 0 Å². The van der Waals surface area contributed by atoms with Gasteiger partial charge in [-0.05, 0) is 31.2 Å². The van der Waals surface area contributed by atoms with E-state index in [1.54, 1.807) is 24.3 Å². The van der Waals surface area contributed by atoms with Crippen LogP contribution in [0.1, 0.15) is 12.5 Å². The Labute approximate surface area is 160 Å². The van der Waals surface area contributed by atoms with Gasteiger partial charge in [0.1, 0.15) is 17.2 Å². The molecule has 1 aliphatic heterocycles. The number of quaternary nitrogens is 1. The molecule has 0 aromatic heterocycles. The van der Waals surface area contributed by atoms with E-state index in [9.17, 15) is 8.42 Å². The predicted octanol–water partition coefficient (Wildman–Crippen LogP) is 1.83. The van der Waals surface area contributed by atoms with Crippen LogP contribution in [0.15, 0.2) is 53.4 Å². The van der Waals surface area contributed by atoms with Gasteiger partial charge in [-0.2, -0.15) is 4.31 Å². The highest BCUT2D eigenvalue weighted by atomic mass is 35.5. The fraction of sp³-hybridized carbons (Fsp3) is 0.368. The summed E-state index contributed by atoms with van der Waals surface area (Å²) in [5, 5.41) is 0.271. The lowest BCUT2D eigenvalue weighted by Gasteiger charge is -2.32. The van der Waals surface area contributed by atoms with Gasteiger partial charge in [-0.15, -0.1) is 0 Å². The van der Waals surface area contributed by atoms with Crippen molar-refractivity contribution in [1.82, 2.24) is 4.31 Å². The van der Waals surface area contributed by atoms with Gasteiger partial charge < -0.3 is 9.64 Å². The van der Waals surface area contributed by atoms with Gasteiger partial charge in [-0.3, -0.25) is 0 Å². The molecule has 1 fully saturated rings. The maximum absolute atomic E-state index is 12.8. The number of rotatable bonds is 6. The predicted molar refractivity (Wildman–Crippen MR) is 102 cm³/mol. The number of sulfonamides is 1. The Morgan fingerprint density at radius 3 is 2.42 bits per heavy atom. The molecule has 1 saturated heterocycles. The second-order valence-corrected chi connectivity index (χ2v) is 8.62. The summed E-state index contributed by atoms with van der Waals surface area (Å²) in [7, 11) is -3.54. The maximum Gasteiger partial charge on any atom is 0.244 e. The minimum absolute atomic E-state index is 0.187. The summed E-state index contributed by atoms with van der Waals surface area (Å²) in [6, 6.07) is 14.6. The third-order valence-corrected chi connectivity index (χ3v) is 7.00. The Balaban J connectivity index is 1.66. The van der Waals surface area contributed by atoms with Crippen LogP contribution in [0.5, 0.6) is 5.75 Å². The molecule has 0 spiro atoms. The first-order chi connectivity index (χ1) is 12.5. The number of nitrogens with zero attached hydrogens (tertiary/aromatic N) is 1. The number of ether oxygens (including phenoxy) is 1. The SMILES string of the molecule is CCOc1ccccc1C[NH+]1CCN(S(=O)(=O)c2ccccc2Cl)CC1. The molecule has 2 aromatic rings. The van der Waals surface area contributed by atoms with Gasteiger partial charge in [-0.1, -0.05) is 35.9 Å². The molecule has 0 aliphatic carbocycles. The highest BCUT2D eigenvalue weighted by Crippen LogP contribution is 2.24. The number of hydrogen-bond donors (Lipinski definition) is 1. The number of halogens is 1. The summed E-state index contributed by atoms with van der Waals surface area (Å²) in [5.41, 5.74) is 1.16. The Morgan fingerprint density at radius 1 is 1.08 bits per heavy atom. The van der Waals surface area contributed by atoms with Crippen LogP contribution in [0.2, 0.25) is 5.02 Å². The molecule has 0 unspecified atom stereocenters. The quantitative estimate of drug-likeness (QED) is 0.811. The zero-order chi connectivity index (χ0) is 18.6. The first-order valence-electron chi connectivity index (χ1n) is 8.81. The van der Waals surface area contributed by atoms with E-state index in [1.807, 2.05) is 25.1 Å². The molecule has 1 heterocycles. The zero-order valence-electron chi connectivity index (χ0n) is 14.8. The van der Waals surface area contributed by atoms with Crippen molar-refractivity contribution in [3.63, 3.8) is 0 Å². The normalized spacial score (nSPS) is 16.5. The third-order valence-electron chi connectivity index (χ3n) is 4.60. The number of benzene rings is 2. The second kappa shape index (κ2) is 8.39. The summed E-state index contributed by atoms with van der Waals surface area (Å²) in [6.07, 6.45) is 0. The van der Waals surface area contributed by atoms with Gasteiger partial charge >= 0.3 is 0 Å². The fourth-order valence-electron chi connectivity index (χ4n) is 3.23. The van der Waals surface area contributed by atoms with E-state index in [0.29, 0.717) is 19.7 Å². The second-order valence-electron chi connectivity index (χ2n) is 6.30. The van der Waals surface area contributed by atoms with E-state index in [-0.39, 0.29) is 9.92 Å². The summed E-state index contributed by atoms with van der Waals surface area (Å²) >= 11 is 6.09. The van der Waals surface area contributed by atoms with E-state index >= 15 is 0 Å². The van der Waals surface area contributed by atoms with E-state index in [1.165, 1.54) is 9.21 Å². The van der Waals surface area contributed by atoms with E-state index < -0.39 is 10.0 Å². The molecule has 140 valence electrons. The molecule has 1 aliphatic rings. The van der Waals surface area contributed by atoms with Gasteiger partial charge in [0.2, 0.25) is 10.0 Å². The van der Waals surface area contributed by atoms with Crippen LogP contribution in [-0.2, 0) is 16.6 Å². The van der Waals surface area contributed by atoms with Crippen LogP contribution in [0.25, 0.3) is 0 Å². The number of piperazine rings is 1. The van der Waals surface area contributed by atoms with Crippen LogP contribution in [0.4, 0.5) is 0 Å². The van der Waals surface area contributed by atoms with Gasteiger partial charge in [0.25, 0.3) is 0 Å². The largest absolute Gasteiger partial charge is 0.493 e. The lowest BCUT2D eigenvalue weighted by Crippen LogP contribution is -3.13. The monoisotopic (exact) mass is 395 g/mol. The van der Waals surface area contributed by atoms with Crippen molar-refractivity contribution >= 4 is 21.6 Å². The topological polar surface area (TPSA) is 51.1 Å². The van der Waals surface area contributed by atoms with Crippen molar-refractivity contribution in [3.8, 4) is 5.75 Å². The van der Waals surface area contributed by atoms with Crippen LogP contribution in [0, 0.1) is 0 Å². The lowest BCUT2D eigenvalue weighted by molar-refractivity contribution is -0.917. The van der Waals surface area contributed by atoms with Crippen molar-refractivity contribution in [2.45, 2.75) is 18.4 Å². The summed E-state index contributed by atoms with van der Waals surface area (Å²) in [4.78, 5) is 1.54. The number of para-hydroxylation sites is 1. The average Bonchev–Trinajstić information content (AvgIpc) is 2.64. The molecule has 7 heteroatoms. The minimum Gasteiger partial charge on any atom is -0.493 e. The smallest absolute Gasteiger partial charge is 0.244 e. The fourth-order valence-corrected chi connectivity index (χ4v) is 5.16. The molecule has 0 amide bonds. The van der Waals surface area contributed by atoms with Crippen molar-refractivity contribution in [1.29, 1.82) is 0 Å². The highest BCUT2D eigenvalue weighted by Gasteiger charge is 2.31. The van der Waals surface area contributed by atoms with Crippen molar-refractivity contribution in [2.75, 3.05) is 32.8 Å². The Kier molecular flexibility index (Phi) is 6.19. The van der Waals surface area contributed by atoms with Crippen LogP contribution in [0.3, 0.4) is 0 Å². The standard InChI is InChI=1S/C19H23ClN2O3S/c1-2-25-18-9-5-3-7-16(18)15-21-11-13-22(14-12-21)26(23,24)19-10-6-4-8-17(19)20/h3-10H,2,11-15H2,1H3/p+1. The highest BCUT2D eigenvalue weighted by molar-refractivity contribution is 7.89. The maximum atomic E-state index is 12.8. The number of nitrogens with one attached hydrogen (secondary N) is 1. The van der Waals surface area contributed by atoms with E-state index in [2.05, 4.69) is 6.07 Å². The molecule has 0 atom stereocenters. The molecule has 0 radical (unpaired) electrons. The Bertz CT molecular complexity index is 849. The average molecular weight is 396 g/mol. The molecule has 5 nitrogen and oxygen atoms in total. The van der Waals surface area contributed by atoms with Crippen molar-refractivity contribution in [3.05, 3.63) is 59.1 Å². The van der Waals surface area contributed by atoms with Crippen LogP contribution >= 0.6 is 11.6 Å². The molecule has 0 bridgehead atoms. The molecule has 1 N–H and O–H groups in total. The zero-order valence-corrected chi connectivity index (χ0v) is 16.4. The lowest BCUT2D eigenvalue weighted by atomic mass is 10.2. The van der Waals surface area contributed by atoms with Gasteiger partial charge in [-0.25, -0.2) is 8.42 Å². The summed E-state index contributed by atoms with van der Waals surface area (Å²) in [5.74, 6) is 0.911. The minimum atomic E-state index is -3.54. The van der Waals surface area contributed by atoms with Crippen molar-refractivity contribution < 1.29 is 18.1 Å². The van der Waals surface area contributed by atoms with Gasteiger partial charge in [0, 0.05) is 5.56 Å². The molecule has 0 saturated carbocycles. The first-order valence-corrected chi connectivity index (χ1v) is 10.6. The van der Waals surface area contributed by atoms with E-state index in [4.69, 9.17) is 16.3 Å². The third kappa shape index (κ3) is 4.20. The summed E-state index contributed by atoms with van der Waals surface area (Å²) < 4.78 is 32.9. The summed E-state index contributed by atoms with van der Waals surface area (Å²) in [6.45, 7) is 5.92. The molecule has 26 heavy (non-hydrogen) atoms. The molecular formula is C19H24ClN2O3S+. The Morgan fingerprint density at radius 2 is 1.73 bits per heavy atom. The van der Waals surface area contributed by atoms with Crippen LogP contribution in [-0.4, -0.2) is 45.5 Å². The van der Waals surface area contributed by atoms with Gasteiger partial charge in [0.05, 0.1) is 37.8 Å². The Hall–Kier alpha value is -1.60.